The van der Waals surface area contributed by atoms with Crippen LogP contribution in [0.5, 0.6) is 5.75 Å². The molecule has 1 aromatic heterocycles. The van der Waals surface area contributed by atoms with Gasteiger partial charge < -0.3 is 19.7 Å². The molecule has 1 unspecified atom stereocenters. The maximum absolute atomic E-state index is 12.9. The highest BCUT2D eigenvalue weighted by Gasteiger charge is 2.36. The number of nitrogens with zero attached hydrogens (tertiary/aromatic N) is 2. The van der Waals surface area contributed by atoms with Crippen LogP contribution in [0.3, 0.4) is 0 Å². The molecule has 1 saturated carbocycles. The number of hydrogen-bond acceptors (Lipinski definition) is 7. The van der Waals surface area contributed by atoms with Gasteiger partial charge in [0.1, 0.15) is 17.7 Å². The Labute approximate surface area is 249 Å². The Morgan fingerprint density at radius 2 is 1.74 bits per heavy atom. The van der Waals surface area contributed by atoms with E-state index in [0.717, 1.165) is 17.7 Å². The molecule has 3 aromatic rings. The fraction of sp³-hybridized carbons (Fsp3) is 0.419. The molecule has 2 aliphatic rings. The van der Waals surface area contributed by atoms with E-state index in [1.54, 1.807) is 31.2 Å². The quantitative estimate of drug-likeness (QED) is 0.296. The zero-order valence-corrected chi connectivity index (χ0v) is 24.5. The molecule has 2 fully saturated rings. The number of pyridine rings is 1. The maximum atomic E-state index is 12.9. The number of hydrogen-bond donors (Lipinski definition) is 1. The lowest BCUT2D eigenvalue weighted by Crippen LogP contribution is -2.34. The van der Waals surface area contributed by atoms with Crippen LogP contribution in [0.25, 0.3) is 0 Å². The van der Waals surface area contributed by atoms with Crippen LogP contribution in [-0.4, -0.2) is 57.0 Å². The molecule has 43 heavy (non-hydrogen) atoms. The molecule has 12 heteroatoms. The zero-order valence-electron chi connectivity index (χ0n) is 23.7. The predicted molar refractivity (Wildman–Crippen MR) is 155 cm³/mol. The molecule has 2 heterocycles. The fourth-order valence-electron chi connectivity index (χ4n) is 4.92. The number of benzene rings is 2. The Kier molecular flexibility index (Phi) is 9.26. The van der Waals surface area contributed by atoms with E-state index in [1.807, 2.05) is 0 Å². The van der Waals surface area contributed by atoms with Crippen LogP contribution in [0, 0.1) is 5.92 Å². The molecule has 230 valence electrons. The lowest BCUT2D eigenvalue weighted by Gasteiger charge is -2.25. The monoisotopic (exact) mass is 617 g/mol. The number of sulfone groups is 1. The van der Waals surface area contributed by atoms with E-state index in [1.165, 1.54) is 43.3 Å². The molecule has 1 N–H and O–H groups in total. The summed E-state index contributed by atoms with van der Waals surface area (Å²) in [5.41, 5.74) is 0.401. The van der Waals surface area contributed by atoms with Gasteiger partial charge in [0.05, 0.1) is 41.0 Å². The van der Waals surface area contributed by atoms with E-state index >= 15 is 0 Å². The van der Waals surface area contributed by atoms with E-state index in [-0.39, 0.29) is 35.2 Å². The first kappa shape index (κ1) is 30.8. The van der Waals surface area contributed by atoms with Gasteiger partial charge in [-0.3, -0.25) is 4.79 Å². The number of carbonyl (C=O) groups excluding carboxylic acids is 1. The van der Waals surface area contributed by atoms with Gasteiger partial charge in [-0.15, -0.1) is 0 Å². The Hall–Kier alpha value is -3.64. The lowest BCUT2D eigenvalue weighted by atomic mass is 10.2. The van der Waals surface area contributed by atoms with Gasteiger partial charge >= 0.3 is 6.18 Å². The summed E-state index contributed by atoms with van der Waals surface area (Å²) >= 11 is 0. The number of carbonyl (C=O) groups is 1. The molecule has 8 nitrogen and oxygen atoms in total. The molecule has 1 aliphatic carbocycles. The molecule has 1 saturated heterocycles. The Bertz CT molecular complexity index is 1490. The second-order valence-electron chi connectivity index (χ2n) is 10.9. The van der Waals surface area contributed by atoms with E-state index in [9.17, 15) is 26.4 Å². The number of nitrogens with one attached hydrogen (secondary N) is 1. The van der Waals surface area contributed by atoms with Crippen molar-refractivity contribution in [2.45, 2.75) is 55.9 Å². The third-order valence-electron chi connectivity index (χ3n) is 7.64. The summed E-state index contributed by atoms with van der Waals surface area (Å²) in [6, 6.07) is 14.5. The second-order valence-corrected chi connectivity index (χ2v) is 13.2. The average Bonchev–Trinajstić information content (AvgIpc) is 3.74. The highest BCUT2D eigenvalue weighted by atomic mass is 32.2. The first-order chi connectivity index (χ1) is 20.5. The van der Waals surface area contributed by atoms with Gasteiger partial charge in [0.2, 0.25) is 0 Å². The summed E-state index contributed by atoms with van der Waals surface area (Å²) < 4.78 is 74.8. The minimum absolute atomic E-state index is 0.0184. The van der Waals surface area contributed by atoms with Crippen LogP contribution in [0.15, 0.2) is 71.8 Å². The van der Waals surface area contributed by atoms with Gasteiger partial charge in [-0.1, -0.05) is 19.1 Å². The number of rotatable bonds is 12. The van der Waals surface area contributed by atoms with Crippen LogP contribution in [0.4, 0.5) is 19.0 Å². The number of halogens is 3. The molecule has 0 spiro atoms. The van der Waals surface area contributed by atoms with Crippen LogP contribution in [0.1, 0.15) is 47.7 Å². The smallest absolute Gasteiger partial charge is 0.416 e. The minimum Gasteiger partial charge on any atom is -0.489 e. The van der Waals surface area contributed by atoms with Crippen molar-refractivity contribution in [3.63, 3.8) is 0 Å². The summed E-state index contributed by atoms with van der Waals surface area (Å²) in [6.45, 7) is 3.43. The second kappa shape index (κ2) is 12.9. The topological polar surface area (TPSA) is 97.8 Å². The SMILES string of the molecule is CCS(=O)(=O)c1ccc(CNC(=O)c2ccc(N3CC(Oc4ccc(C(F)(F)F)cc4)C[C@H]3COCC3CC3)nc2)cc1. The van der Waals surface area contributed by atoms with Crippen LogP contribution >= 0.6 is 0 Å². The summed E-state index contributed by atoms with van der Waals surface area (Å²) in [4.78, 5) is 19.6. The Morgan fingerprint density at radius 1 is 1.02 bits per heavy atom. The molecule has 1 amide bonds. The Balaban J connectivity index is 1.20. The van der Waals surface area contributed by atoms with Gasteiger partial charge in [-0.05, 0) is 72.9 Å². The zero-order chi connectivity index (χ0) is 30.6. The third-order valence-corrected chi connectivity index (χ3v) is 9.39. The van der Waals surface area contributed by atoms with Crippen LogP contribution in [-0.2, 0) is 27.3 Å². The van der Waals surface area contributed by atoms with E-state index < -0.39 is 21.6 Å². The molecule has 0 radical (unpaired) electrons. The summed E-state index contributed by atoms with van der Waals surface area (Å²) in [6.07, 6.45) is -0.250. The molecule has 2 atom stereocenters. The van der Waals surface area contributed by atoms with Crippen LogP contribution in [0.2, 0.25) is 0 Å². The Morgan fingerprint density at radius 3 is 2.35 bits per heavy atom. The summed E-state index contributed by atoms with van der Waals surface area (Å²) in [5, 5.41) is 2.82. The van der Waals surface area contributed by atoms with Gasteiger partial charge in [-0.2, -0.15) is 13.2 Å². The first-order valence-electron chi connectivity index (χ1n) is 14.3. The number of alkyl halides is 3. The van der Waals surface area contributed by atoms with Gasteiger partial charge in [0.15, 0.2) is 9.84 Å². The van der Waals surface area contributed by atoms with Crippen molar-refractivity contribution < 1.29 is 35.9 Å². The first-order valence-corrected chi connectivity index (χ1v) is 15.9. The van der Waals surface area contributed by atoms with Gasteiger partial charge in [0, 0.05) is 25.8 Å². The molecular formula is C31H34F3N3O5S. The molecule has 1 aliphatic heterocycles. The molecular weight excluding hydrogens is 583 g/mol. The van der Waals surface area contributed by atoms with Crippen molar-refractivity contribution >= 4 is 21.6 Å². The number of ether oxygens (including phenoxy) is 2. The highest BCUT2D eigenvalue weighted by molar-refractivity contribution is 7.91. The standard InChI is InChI=1S/C31H34F3N3O5S/c1-2-43(39,40)28-12-5-21(6-13-28)16-36-30(38)23-7-14-29(35-17-23)37-18-27(15-25(37)20-41-19-22-3-4-22)42-26-10-8-24(9-11-26)31(32,33)34/h5-14,17,22,25,27H,2-4,15-16,18-20H2,1H3,(H,36,38)/t25-,27?/m0/s1. The fourth-order valence-corrected chi connectivity index (χ4v) is 5.81. The van der Waals surface area contributed by atoms with E-state index in [0.29, 0.717) is 49.2 Å². The maximum Gasteiger partial charge on any atom is 0.416 e. The summed E-state index contributed by atoms with van der Waals surface area (Å²) in [5.74, 6) is 1.30. The number of aromatic nitrogens is 1. The lowest BCUT2D eigenvalue weighted by molar-refractivity contribution is -0.137. The predicted octanol–water partition coefficient (Wildman–Crippen LogP) is 5.28. The normalized spacial score (nSPS) is 18.9. The van der Waals surface area contributed by atoms with Crippen molar-refractivity contribution in [2.24, 2.45) is 5.92 Å². The molecule has 5 rings (SSSR count). The third kappa shape index (κ3) is 8.05. The number of anilines is 1. The summed E-state index contributed by atoms with van der Waals surface area (Å²) in [7, 11) is -3.29. The average molecular weight is 618 g/mol. The number of amides is 1. The minimum atomic E-state index is -4.41. The van der Waals surface area contributed by atoms with Crippen LogP contribution < -0.4 is 15.0 Å². The van der Waals surface area contributed by atoms with Crippen molar-refractivity contribution in [2.75, 3.05) is 30.4 Å². The van der Waals surface area contributed by atoms with E-state index in [2.05, 4.69) is 15.2 Å². The van der Waals surface area contributed by atoms with Gasteiger partial charge in [-0.25, -0.2) is 13.4 Å². The van der Waals surface area contributed by atoms with Crippen molar-refractivity contribution in [1.29, 1.82) is 0 Å². The van der Waals surface area contributed by atoms with E-state index in [4.69, 9.17) is 9.47 Å². The van der Waals surface area contributed by atoms with Crippen molar-refractivity contribution in [3.05, 3.63) is 83.6 Å². The van der Waals surface area contributed by atoms with Crippen molar-refractivity contribution in [1.82, 2.24) is 10.3 Å². The largest absolute Gasteiger partial charge is 0.489 e. The molecule has 0 bridgehead atoms. The van der Waals surface area contributed by atoms with Gasteiger partial charge in [0.25, 0.3) is 5.91 Å². The van der Waals surface area contributed by atoms with Crippen molar-refractivity contribution in [3.8, 4) is 5.75 Å². The highest BCUT2D eigenvalue weighted by Crippen LogP contribution is 2.33. The molecule has 2 aromatic carbocycles.